The first-order valence-electron chi connectivity index (χ1n) is 5.99. The van der Waals surface area contributed by atoms with Crippen LogP contribution in [0.5, 0.6) is 0 Å². The second-order valence-corrected chi connectivity index (χ2v) is 5.77. The number of piperazine rings is 1. The summed E-state index contributed by atoms with van der Waals surface area (Å²) in [4.78, 5) is 14.4. The molecule has 4 heteroatoms. The van der Waals surface area contributed by atoms with Gasteiger partial charge >= 0.3 is 0 Å². The monoisotopic (exact) mass is 294 g/mol. The molecule has 3 rings (SSSR count). The van der Waals surface area contributed by atoms with Gasteiger partial charge < -0.3 is 10.2 Å². The molecule has 1 saturated heterocycles. The van der Waals surface area contributed by atoms with E-state index in [-0.39, 0.29) is 11.4 Å². The fraction of sp³-hybridized carbons (Fsp3) is 0.462. The van der Waals surface area contributed by atoms with E-state index in [1.807, 2.05) is 29.2 Å². The van der Waals surface area contributed by atoms with Crippen LogP contribution in [0.2, 0.25) is 0 Å². The Kier molecular flexibility index (Phi) is 2.71. The third-order valence-electron chi connectivity index (χ3n) is 3.62. The van der Waals surface area contributed by atoms with E-state index in [0.29, 0.717) is 0 Å². The fourth-order valence-electron chi connectivity index (χ4n) is 2.42. The van der Waals surface area contributed by atoms with Crippen molar-refractivity contribution < 1.29 is 4.79 Å². The average Bonchev–Trinajstić information content (AvgIpc) is 3.08. The van der Waals surface area contributed by atoms with Crippen molar-refractivity contribution in [3.63, 3.8) is 0 Å². The van der Waals surface area contributed by atoms with Gasteiger partial charge in [0.05, 0.1) is 5.56 Å². The molecule has 1 aliphatic heterocycles. The van der Waals surface area contributed by atoms with Gasteiger partial charge in [-0.2, -0.15) is 0 Å². The molecule has 17 heavy (non-hydrogen) atoms. The summed E-state index contributed by atoms with van der Waals surface area (Å²) in [6.07, 6.45) is 2.40. The molecule has 2 aliphatic rings. The van der Waals surface area contributed by atoms with Crippen LogP contribution in [0.4, 0.5) is 0 Å². The summed E-state index contributed by atoms with van der Waals surface area (Å²) in [6.45, 7) is 2.57. The average molecular weight is 295 g/mol. The van der Waals surface area contributed by atoms with Crippen molar-refractivity contribution >= 4 is 21.8 Å². The molecule has 1 saturated carbocycles. The van der Waals surface area contributed by atoms with Crippen LogP contribution in [0.3, 0.4) is 0 Å². The molecule has 1 N–H and O–H groups in total. The maximum Gasteiger partial charge on any atom is 0.255 e. The van der Waals surface area contributed by atoms with Crippen molar-refractivity contribution in [3.8, 4) is 0 Å². The Bertz CT molecular complexity index is 456. The van der Waals surface area contributed by atoms with Crippen LogP contribution in [0.25, 0.3) is 0 Å². The van der Waals surface area contributed by atoms with Crippen LogP contribution in [-0.4, -0.2) is 36.0 Å². The van der Waals surface area contributed by atoms with Crippen molar-refractivity contribution in [3.05, 3.63) is 34.3 Å². The standard InChI is InChI=1S/C13H15BrN2O/c14-11-4-2-1-3-10(11)12(17)16-8-7-15-13(9-16)5-6-13/h1-4,15H,5-9H2. The summed E-state index contributed by atoms with van der Waals surface area (Å²) < 4.78 is 0.883. The number of nitrogens with zero attached hydrogens (tertiary/aromatic N) is 1. The van der Waals surface area contributed by atoms with Crippen LogP contribution in [0, 0.1) is 0 Å². The summed E-state index contributed by atoms with van der Waals surface area (Å²) >= 11 is 3.44. The molecule has 0 bridgehead atoms. The first-order chi connectivity index (χ1) is 8.20. The maximum absolute atomic E-state index is 12.4. The number of hydrogen-bond acceptors (Lipinski definition) is 2. The molecule has 1 spiro atoms. The third kappa shape index (κ3) is 2.11. The highest BCUT2D eigenvalue weighted by Crippen LogP contribution is 2.38. The normalized spacial score (nSPS) is 21.6. The van der Waals surface area contributed by atoms with E-state index in [2.05, 4.69) is 21.2 Å². The van der Waals surface area contributed by atoms with Crippen molar-refractivity contribution in [2.24, 2.45) is 0 Å². The summed E-state index contributed by atoms with van der Waals surface area (Å²) in [5, 5.41) is 3.51. The summed E-state index contributed by atoms with van der Waals surface area (Å²) in [7, 11) is 0. The molecule has 1 aliphatic carbocycles. The predicted octanol–water partition coefficient (Wildman–Crippen LogP) is 2.03. The lowest BCUT2D eigenvalue weighted by Crippen LogP contribution is -2.54. The van der Waals surface area contributed by atoms with Gasteiger partial charge in [0.2, 0.25) is 0 Å². The molecular formula is C13H15BrN2O. The fourth-order valence-corrected chi connectivity index (χ4v) is 2.87. The van der Waals surface area contributed by atoms with Gasteiger partial charge in [0, 0.05) is 29.6 Å². The maximum atomic E-state index is 12.4. The minimum atomic E-state index is 0.144. The van der Waals surface area contributed by atoms with Crippen LogP contribution < -0.4 is 5.32 Å². The smallest absolute Gasteiger partial charge is 0.255 e. The zero-order valence-corrected chi connectivity index (χ0v) is 11.2. The van der Waals surface area contributed by atoms with E-state index in [4.69, 9.17) is 0 Å². The number of amides is 1. The lowest BCUT2D eigenvalue weighted by Gasteiger charge is -2.34. The van der Waals surface area contributed by atoms with Crippen molar-refractivity contribution in [1.29, 1.82) is 0 Å². The number of hydrogen-bond donors (Lipinski definition) is 1. The van der Waals surface area contributed by atoms with Crippen LogP contribution in [0.15, 0.2) is 28.7 Å². The van der Waals surface area contributed by atoms with Gasteiger partial charge in [-0.1, -0.05) is 12.1 Å². The van der Waals surface area contributed by atoms with Crippen LogP contribution in [0.1, 0.15) is 23.2 Å². The molecule has 1 aromatic carbocycles. The third-order valence-corrected chi connectivity index (χ3v) is 4.31. The van der Waals surface area contributed by atoms with E-state index >= 15 is 0 Å². The van der Waals surface area contributed by atoms with Gasteiger partial charge in [-0.3, -0.25) is 4.79 Å². The van der Waals surface area contributed by atoms with E-state index in [0.717, 1.165) is 29.7 Å². The Morgan fingerprint density at radius 2 is 2.12 bits per heavy atom. The summed E-state index contributed by atoms with van der Waals surface area (Å²) in [6, 6.07) is 7.64. The minimum Gasteiger partial charge on any atom is -0.335 e. The lowest BCUT2D eigenvalue weighted by molar-refractivity contribution is 0.0690. The topological polar surface area (TPSA) is 32.3 Å². The number of nitrogens with one attached hydrogen (secondary N) is 1. The first-order valence-corrected chi connectivity index (χ1v) is 6.78. The minimum absolute atomic E-state index is 0.144. The number of benzene rings is 1. The van der Waals surface area contributed by atoms with E-state index in [1.54, 1.807) is 0 Å². The Balaban J connectivity index is 1.80. The van der Waals surface area contributed by atoms with Crippen LogP contribution >= 0.6 is 15.9 Å². The Labute approximate surface area is 109 Å². The molecule has 1 amide bonds. The molecule has 0 radical (unpaired) electrons. The first kappa shape index (κ1) is 11.2. The molecule has 3 nitrogen and oxygen atoms in total. The van der Waals surface area contributed by atoms with E-state index < -0.39 is 0 Å². The van der Waals surface area contributed by atoms with Gasteiger partial charge in [0.25, 0.3) is 5.91 Å². The Hall–Kier alpha value is -0.870. The van der Waals surface area contributed by atoms with Crippen LogP contribution in [-0.2, 0) is 0 Å². The van der Waals surface area contributed by atoms with Gasteiger partial charge in [0.15, 0.2) is 0 Å². The molecular weight excluding hydrogens is 280 g/mol. The second-order valence-electron chi connectivity index (χ2n) is 4.91. The molecule has 1 aromatic rings. The number of rotatable bonds is 1. The van der Waals surface area contributed by atoms with E-state index in [9.17, 15) is 4.79 Å². The molecule has 0 unspecified atom stereocenters. The number of carbonyl (C=O) groups is 1. The highest BCUT2D eigenvalue weighted by Gasteiger charge is 2.46. The van der Waals surface area contributed by atoms with Gasteiger partial charge in [0.1, 0.15) is 0 Å². The number of carbonyl (C=O) groups excluding carboxylic acids is 1. The van der Waals surface area contributed by atoms with Crippen molar-refractivity contribution in [2.45, 2.75) is 18.4 Å². The van der Waals surface area contributed by atoms with E-state index in [1.165, 1.54) is 12.8 Å². The zero-order valence-electron chi connectivity index (χ0n) is 9.58. The second kappa shape index (κ2) is 4.10. The van der Waals surface area contributed by atoms with Crippen molar-refractivity contribution in [1.82, 2.24) is 10.2 Å². The van der Waals surface area contributed by atoms with Crippen molar-refractivity contribution in [2.75, 3.05) is 19.6 Å². The quantitative estimate of drug-likeness (QED) is 0.860. The zero-order chi connectivity index (χ0) is 11.9. The largest absolute Gasteiger partial charge is 0.335 e. The lowest BCUT2D eigenvalue weighted by atomic mass is 10.1. The van der Waals surface area contributed by atoms with Gasteiger partial charge in [-0.05, 0) is 40.9 Å². The molecule has 0 atom stereocenters. The molecule has 90 valence electrons. The summed E-state index contributed by atoms with van der Waals surface area (Å²) in [5.41, 5.74) is 1.01. The highest BCUT2D eigenvalue weighted by molar-refractivity contribution is 9.10. The molecule has 1 heterocycles. The van der Waals surface area contributed by atoms with Gasteiger partial charge in [-0.15, -0.1) is 0 Å². The van der Waals surface area contributed by atoms with Gasteiger partial charge in [-0.25, -0.2) is 0 Å². The predicted molar refractivity (Wildman–Crippen MR) is 70.0 cm³/mol. The molecule has 2 fully saturated rings. The Morgan fingerprint density at radius 1 is 1.35 bits per heavy atom. The number of halogens is 1. The summed E-state index contributed by atoms with van der Waals surface area (Å²) in [5.74, 6) is 0.144. The Morgan fingerprint density at radius 3 is 2.82 bits per heavy atom. The highest BCUT2D eigenvalue weighted by atomic mass is 79.9. The molecule has 0 aromatic heterocycles. The SMILES string of the molecule is O=C(c1ccccc1Br)N1CCNC2(CC2)C1.